The van der Waals surface area contributed by atoms with Gasteiger partial charge in [-0.05, 0) is 48.9 Å². The summed E-state index contributed by atoms with van der Waals surface area (Å²) < 4.78 is 14.0. The summed E-state index contributed by atoms with van der Waals surface area (Å²) in [7, 11) is 0. The second kappa shape index (κ2) is 4.56. The molecule has 96 valence electrons. The Kier molecular flexibility index (Phi) is 3.24. The van der Waals surface area contributed by atoms with E-state index < -0.39 is 0 Å². The molecule has 1 aliphatic carbocycles. The zero-order chi connectivity index (χ0) is 13.4. The Morgan fingerprint density at radius 2 is 1.89 bits per heavy atom. The fourth-order valence-corrected chi connectivity index (χ4v) is 2.88. The van der Waals surface area contributed by atoms with Gasteiger partial charge in [0.25, 0.3) is 0 Å². The molecule has 0 radical (unpaired) electrons. The van der Waals surface area contributed by atoms with Crippen molar-refractivity contribution in [3.05, 3.63) is 46.0 Å². The molecule has 3 heteroatoms. The molecule has 2 rings (SSSR count). The Hall–Kier alpha value is -1.64. The maximum absolute atomic E-state index is 14.0. The highest BCUT2D eigenvalue weighted by atomic mass is 19.1. The van der Waals surface area contributed by atoms with E-state index in [1.165, 1.54) is 6.08 Å². The van der Waals surface area contributed by atoms with Crippen LogP contribution in [0.4, 0.5) is 4.39 Å². The van der Waals surface area contributed by atoms with Gasteiger partial charge >= 0.3 is 0 Å². The standard InChI is InChI=1S/C15H17FO2/c1-8-4-9(2)15(16)10(3)14(8)11-5-12(17)7-13(18)6-11/h4,7,11,17H,5-6H2,1-3H3. The lowest BCUT2D eigenvalue weighted by atomic mass is 9.81. The lowest BCUT2D eigenvalue weighted by Crippen LogP contribution is -2.15. The number of hydrogen-bond donors (Lipinski definition) is 1. The van der Waals surface area contributed by atoms with Crippen molar-refractivity contribution in [2.75, 3.05) is 0 Å². The summed E-state index contributed by atoms with van der Waals surface area (Å²) in [5.41, 5.74) is 3.07. The SMILES string of the molecule is Cc1cc(C)c(C2CC(=O)C=C(O)C2)c(C)c1F. The van der Waals surface area contributed by atoms with Crippen LogP contribution in [0.3, 0.4) is 0 Å². The van der Waals surface area contributed by atoms with Crippen LogP contribution in [-0.4, -0.2) is 10.9 Å². The Bertz CT molecular complexity index is 544. The second-order valence-electron chi connectivity index (χ2n) is 5.07. The van der Waals surface area contributed by atoms with Gasteiger partial charge in [0.1, 0.15) is 5.82 Å². The lowest BCUT2D eigenvalue weighted by molar-refractivity contribution is -0.115. The van der Waals surface area contributed by atoms with Crippen LogP contribution in [0.25, 0.3) is 0 Å². The van der Waals surface area contributed by atoms with Gasteiger partial charge in [-0.2, -0.15) is 0 Å². The molecule has 0 aromatic heterocycles. The molecule has 18 heavy (non-hydrogen) atoms. The number of aryl methyl sites for hydroxylation is 2. The van der Waals surface area contributed by atoms with Crippen LogP contribution in [0.2, 0.25) is 0 Å². The third-order valence-electron chi connectivity index (χ3n) is 3.58. The van der Waals surface area contributed by atoms with Gasteiger partial charge in [0.2, 0.25) is 0 Å². The fourth-order valence-electron chi connectivity index (χ4n) is 2.88. The van der Waals surface area contributed by atoms with Gasteiger partial charge in [0.05, 0.1) is 5.76 Å². The summed E-state index contributed by atoms with van der Waals surface area (Å²) in [6.45, 7) is 5.40. The minimum absolute atomic E-state index is 0.0935. The minimum Gasteiger partial charge on any atom is -0.512 e. The smallest absolute Gasteiger partial charge is 0.159 e. The van der Waals surface area contributed by atoms with Gasteiger partial charge < -0.3 is 5.11 Å². The van der Waals surface area contributed by atoms with Crippen molar-refractivity contribution < 1.29 is 14.3 Å². The first-order valence-electron chi connectivity index (χ1n) is 6.08. The molecular formula is C15H17FO2. The number of allylic oxidation sites excluding steroid dienone is 2. The molecule has 0 saturated carbocycles. The summed E-state index contributed by atoms with van der Waals surface area (Å²) in [5.74, 6) is -0.325. The van der Waals surface area contributed by atoms with Crippen molar-refractivity contribution in [2.24, 2.45) is 0 Å². The van der Waals surface area contributed by atoms with E-state index in [0.29, 0.717) is 24.0 Å². The first-order valence-corrected chi connectivity index (χ1v) is 6.08. The van der Waals surface area contributed by atoms with Crippen molar-refractivity contribution in [1.29, 1.82) is 0 Å². The summed E-state index contributed by atoms with van der Waals surface area (Å²) in [6.07, 6.45) is 2.02. The molecule has 2 nitrogen and oxygen atoms in total. The number of halogens is 1. The van der Waals surface area contributed by atoms with E-state index in [1.807, 2.05) is 6.92 Å². The maximum atomic E-state index is 14.0. The highest BCUT2D eigenvalue weighted by molar-refractivity contribution is 5.91. The van der Waals surface area contributed by atoms with E-state index in [0.717, 1.165) is 11.1 Å². The average Bonchev–Trinajstić information content (AvgIpc) is 2.24. The summed E-state index contributed by atoms with van der Waals surface area (Å²) in [6, 6.07) is 1.80. The van der Waals surface area contributed by atoms with Crippen molar-refractivity contribution >= 4 is 5.78 Å². The molecule has 1 atom stereocenters. The van der Waals surface area contributed by atoms with E-state index in [9.17, 15) is 14.3 Å². The van der Waals surface area contributed by atoms with Gasteiger partial charge in [-0.15, -0.1) is 0 Å². The molecule has 0 heterocycles. The highest BCUT2D eigenvalue weighted by Crippen LogP contribution is 2.36. The van der Waals surface area contributed by atoms with Crippen molar-refractivity contribution in [2.45, 2.75) is 39.5 Å². The van der Waals surface area contributed by atoms with E-state index in [4.69, 9.17) is 0 Å². The minimum atomic E-state index is -0.211. The highest BCUT2D eigenvalue weighted by Gasteiger charge is 2.26. The van der Waals surface area contributed by atoms with Crippen molar-refractivity contribution in [3.8, 4) is 0 Å². The number of hydrogen-bond acceptors (Lipinski definition) is 2. The Balaban J connectivity index is 2.49. The molecule has 1 aliphatic rings. The zero-order valence-corrected chi connectivity index (χ0v) is 10.9. The largest absolute Gasteiger partial charge is 0.512 e. The van der Waals surface area contributed by atoms with E-state index >= 15 is 0 Å². The van der Waals surface area contributed by atoms with E-state index in [1.54, 1.807) is 19.9 Å². The van der Waals surface area contributed by atoms with Crippen LogP contribution in [0.1, 0.15) is 41.0 Å². The number of aliphatic hydroxyl groups is 1. The number of carbonyl (C=O) groups excluding carboxylic acids is 1. The molecule has 0 bridgehead atoms. The van der Waals surface area contributed by atoms with Crippen LogP contribution in [-0.2, 0) is 4.79 Å². The number of aliphatic hydroxyl groups excluding tert-OH is 1. The van der Waals surface area contributed by atoms with Gasteiger partial charge in [-0.3, -0.25) is 4.79 Å². The van der Waals surface area contributed by atoms with Crippen LogP contribution in [0, 0.1) is 26.6 Å². The topological polar surface area (TPSA) is 37.3 Å². The first-order chi connectivity index (χ1) is 8.40. The predicted octanol–water partition coefficient (Wildman–Crippen LogP) is 3.64. The average molecular weight is 248 g/mol. The number of ketones is 1. The van der Waals surface area contributed by atoms with Crippen LogP contribution in [0.15, 0.2) is 17.9 Å². The summed E-state index contributed by atoms with van der Waals surface area (Å²) in [4.78, 5) is 11.5. The first kappa shape index (κ1) is 12.8. The van der Waals surface area contributed by atoms with Gasteiger partial charge in [-0.1, -0.05) is 6.07 Å². The predicted molar refractivity (Wildman–Crippen MR) is 68.3 cm³/mol. The van der Waals surface area contributed by atoms with Crippen LogP contribution in [0.5, 0.6) is 0 Å². The lowest BCUT2D eigenvalue weighted by Gasteiger charge is -2.24. The zero-order valence-electron chi connectivity index (χ0n) is 10.9. The van der Waals surface area contributed by atoms with Crippen LogP contribution < -0.4 is 0 Å². The Labute approximate surface area is 106 Å². The third kappa shape index (κ3) is 2.17. The van der Waals surface area contributed by atoms with Gasteiger partial charge in [0.15, 0.2) is 5.78 Å². The van der Waals surface area contributed by atoms with Gasteiger partial charge in [0, 0.05) is 18.9 Å². The van der Waals surface area contributed by atoms with Crippen LogP contribution >= 0.6 is 0 Å². The van der Waals surface area contributed by atoms with Crippen molar-refractivity contribution in [1.82, 2.24) is 0 Å². The number of rotatable bonds is 1. The molecule has 0 spiro atoms. The molecule has 0 amide bonds. The molecular weight excluding hydrogens is 231 g/mol. The second-order valence-corrected chi connectivity index (χ2v) is 5.07. The fraction of sp³-hybridized carbons (Fsp3) is 0.400. The molecule has 0 saturated heterocycles. The Morgan fingerprint density at radius 3 is 2.50 bits per heavy atom. The summed E-state index contributed by atoms with van der Waals surface area (Å²) in [5, 5.41) is 9.56. The number of carbonyl (C=O) groups is 1. The van der Waals surface area contributed by atoms with Gasteiger partial charge in [-0.25, -0.2) is 4.39 Å². The van der Waals surface area contributed by atoms with Crippen molar-refractivity contribution in [3.63, 3.8) is 0 Å². The molecule has 1 aromatic carbocycles. The molecule has 0 aliphatic heterocycles. The van der Waals surface area contributed by atoms with E-state index in [-0.39, 0.29) is 23.3 Å². The molecule has 1 aromatic rings. The normalized spacial score (nSPS) is 19.9. The molecule has 0 fully saturated rings. The van der Waals surface area contributed by atoms with E-state index in [2.05, 4.69) is 0 Å². The number of benzene rings is 1. The monoisotopic (exact) mass is 248 g/mol. The maximum Gasteiger partial charge on any atom is 0.159 e. The third-order valence-corrected chi connectivity index (χ3v) is 3.58. The molecule has 1 unspecified atom stereocenters. The summed E-state index contributed by atoms with van der Waals surface area (Å²) >= 11 is 0. The Morgan fingerprint density at radius 1 is 1.22 bits per heavy atom. The quantitative estimate of drug-likeness (QED) is 0.823. The molecule has 1 N–H and O–H groups in total.